The molecule has 1 aromatic heterocycles. The Morgan fingerprint density at radius 3 is 2.66 bits per heavy atom. The molecule has 0 spiro atoms. The minimum absolute atomic E-state index is 0.0382. The molecule has 0 amide bonds. The highest BCUT2D eigenvalue weighted by molar-refractivity contribution is 5.28. The molecular weight excluding hydrogens is 398 g/mol. The quantitative estimate of drug-likeness (QED) is 0.593. The lowest BCUT2D eigenvalue weighted by molar-refractivity contribution is 0.0771. The van der Waals surface area contributed by atoms with Crippen molar-refractivity contribution in [2.24, 2.45) is 5.92 Å². The molecule has 1 aliphatic heterocycles. The SMILES string of the molecule is OCCOc1cccc(CN(Cc2cccnc2)C[C@@H]2CCCN(C3CCCCC3)C2)c1. The molecule has 5 heteroatoms. The highest BCUT2D eigenvalue weighted by atomic mass is 16.5. The number of hydrogen-bond donors (Lipinski definition) is 1. The Morgan fingerprint density at radius 2 is 1.84 bits per heavy atom. The number of nitrogens with zero attached hydrogens (tertiary/aromatic N) is 3. The van der Waals surface area contributed by atoms with Crippen LogP contribution < -0.4 is 4.74 Å². The number of benzene rings is 1. The first-order chi connectivity index (χ1) is 15.8. The number of likely N-dealkylation sites (tertiary alicyclic amines) is 1. The highest BCUT2D eigenvalue weighted by Gasteiger charge is 2.28. The molecule has 1 N–H and O–H groups in total. The van der Waals surface area contributed by atoms with Gasteiger partial charge in [-0.25, -0.2) is 0 Å². The number of rotatable bonds is 10. The van der Waals surface area contributed by atoms with Crippen molar-refractivity contribution in [1.29, 1.82) is 0 Å². The molecule has 1 saturated carbocycles. The van der Waals surface area contributed by atoms with Crippen LogP contribution in [-0.2, 0) is 13.1 Å². The van der Waals surface area contributed by atoms with Crippen LogP contribution in [0, 0.1) is 5.92 Å². The summed E-state index contributed by atoms with van der Waals surface area (Å²) in [5, 5.41) is 9.06. The average molecular weight is 438 g/mol. The summed E-state index contributed by atoms with van der Waals surface area (Å²) in [6, 6.07) is 13.3. The van der Waals surface area contributed by atoms with Gasteiger partial charge < -0.3 is 14.7 Å². The molecule has 1 saturated heterocycles. The first kappa shape index (κ1) is 23.2. The number of pyridine rings is 1. The molecule has 0 bridgehead atoms. The Labute approximate surface area is 193 Å². The lowest BCUT2D eigenvalue weighted by atomic mass is 9.90. The van der Waals surface area contributed by atoms with Gasteiger partial charge in [-0.3, -0.25) is 9.88 Å². The Kier molecular flexibility index (Phi) is 8.95. The molecule has 2 fully saturated rings. The van der Waals surface area contributed by atoms with E-state index in [0.717, 1.165) is 37.3 Å². The van der Waals surface area contributed by atoms with Crippen molar-refractivity contribution >= 4 is 0 Å². The van der Waals surface area contributed by atoms with Crippen LogP contribution in [-0.4, -0.2) is 58.8 Å². The van der Waals surface area contributed by atoms with Gasteiger partial charge in [0, 0.05) is 44.6 Å². The van der Waals surface area contributed by atoms with Crippen LogP contribution in [0.2, 0.25) is 0 Å². The summed E-state index contributed by atoms with van der Waals surface area (Å²) < 4.78 is 5.64. The van der Waals surface area contributed by atoms with Crippen LogP contribution in [0.25, 0.3) is 0 Å². The number of aliphatic hydroxyl groups excluding tert-OH is 1. The molecule has 2 aliphatic rings. The number of ether oxygens (including phenoxy) is 1. The summed E-state index contributed by atoms with van der Waals surface area (Å²) in [6.45, 7) is 5.82. The fraction of sp³-hybridized carbons (Fsp3) is 0.593. The summed E-state index contributed by atoms with van der Waals surface area (Å²) in [5.74, 6) is 1.55. The van der Waals surface area contributed by atoms with Gasteiger partial charge in [-0.05, 0) is 67.5 Å². The van der Waals surface area contributed by atoms with Gasteiger partial charge in [-0.2, -0.15) is 0 Å². The first-order valence-electron chi connectivity index (χ1n) is 12.5. The van der Waals surface area contributed by atoms with Crippen LogP contribution in [0.15, 0.2) is 48.8 Å². The van der Waals surface area contributed by atoms with Crippen LogP contribution >= 0.6 is 0 Å². The van der Waals surface area contributed by atoms with Gasteiger partial charge in [0.15, 0.2) is 0 Å². The maximum absolute atomic E-state index is 9.06. The number of piperidine rings is 1. The number of aliphatic hydroxyl groups is 1. The molecule has 1 aliphatic carbocycles. The lowest BCUT2D eigenvalue weighted by Crippen LogP contribution is -2.46. The number of aromatic nitrogens is 1. The minimum atomic E-state index is 0.0382. The Bertz CT molecular complexity index is 794. The zero-order valence-electron chi connectivity index (χ0n) is 19.4. The van der Waals surface area contributed by atoms with E-state index >= 15 is 0 Å². The van der Waals surface area contributed by atoms with Crippen molar-refractivity contribution in [3.8, 4) is 5.75 Å². The monoisotopic (exact) mass is 437 g/mol. The maximum atomic E-state index is 9.06. The van der Waals surface area contributed by atoms with Crippen LogP contribution in [0.1, 0.15) is 56.1 Å². The summed E-state index contributed by atoms with van der Waals surface area (Å²) >= 11 is 0. The molecule has 4 rings (SSSR count). The predicted octanol–water partition coefficient (Wildman–Crippen LogP) is 4.50. The molecule has 2 heterocycles. The third kappa shape index (κ3) is 7.03. The van der Waals surface area contributed by atoms with Crippen molar-refractivity contribution in [2.45, 2.75) is 64.1 Å². The summed E-state index contributed by atoms with van der Waals surface area (Å²) in [6.07, 6.45) is 13.5. The Balaban J connectivity index is 1.42. The van der Waals surface area contributed by atoms with Crippen LogP contribution in [0.5, 0.6) is 5.75 Å². The normalized spacial score (nSPS) is 20.5. The van der Waals surface area contributed by atoms with Gasteiger partial charge in [-0.15, -0.1) is 0 Å². The average Bonchev–Trinajstić information content (AvgIpc) is 2.84. The molecule has 174 valence electrons. The predicted molar refractivity (Wildman–Crippen MR) is 129 cm³/mol. The van der Waals surface area contributed by atoms with Gasteiger partial charge >= 0.3 is 0 Å². The fourth-order valence-corrected chi connectivity index (χ4v) is 5.48. The van der Waals surface area contributed by atoms with E-state index in [1.54, 1.807) is 0 Å². The lowest BCUT2D eigenvalue weighted by Gasteiger charge is -2.41. The smallest absolute Gasteiger partial charge is 0.119 e. The van der Waals surface area contributed by atoms with Gasteiger partial charge in [0.25, 0.3) is 0 Å². The third-order valence-electron chi connectivity index (χ3n) is 6.95. The molecule has 2 aromatic rings. The molecule has 0 unspecified atom stereocenters. The van der Waals surface area contributed by atoms with Crippen molar-refractivity contribution in [3.05, 3.63) is 59.9 Å². The van der Waals surface area contributed by atoms with Crippen LogP contribution in [0.4, 0.5) is 0 Å². The standard InChI is InChI=1S/C27H39N3O2/c31-15-16-32-27-12-4-7-23(17-27)19-29(20-24-8-5-13-28-18-24)21-25-9-6-14-30(22-25)26-10-2-1-3-11-26/h4-5,7-8,12-13,17-18,25-26,31H,1-3,6,9-11,14-16,19-22H2/t25-/m0/s1. The van der Waals surface area contributed by atoms with Gasteiger partial charge in [0.05, 0.1) is 6.61 Å². The molecule has 32 heavy (non-hydrogen) atoms. The minimum Gasteiger partial charge on any atom is -0.491 e. The van der Waals surface area contributed by atoms with E-state index in [9.17, 15) is 0 Å². The van der Waals surface area contributed by atoms with Crippen molar-refractivity contribution < 1.29 is 9.84 Å². The molecule has 1 atom stereocenters. The van der Waals surface area contributed by atoms with E-state index < -0.39 is 0 Å². The summed E-state index contributed by atoms with van der Waals surface area (Å²) in [7, 11) is 0. The van der Waals surface area contributed by atoms with E-state index in [0.29, 0.717) is 6.61 Å². The topological polar surface area (TPSA) is 48.8 Å². The first-order valence-corrected chi connectivity index (χ1v) is 12.5. The maximum Gasteiger partial charge on any atom is 0.119 e. The fourth-order valence-electron chi connectivity index (χ4n) is 5.48. The second-order valence-electron chi connectivity index (χ2n) is 9.55. The third-order valence-corrected chi connectivity index (χ3v) is 6.95. The number of hydrogen-bond acceptors (Lipinski definition) is 5. The second-order valence-corrected chi connectivity index (χ2v) is 9.55. The van der Waals surface area contributed by atoms with E-state index in [-0.39, 0.29) is 6.61 Å². The Hall–Kier alpha value is -1.95. The molecular formula is C27H39N3O2. The summed E-state index contributed by atoms with van der Waals surface area (Å²) in [5.41, 5.74) is 2.52. The molecule has 5 nitrogen and oxygen atoms in total. The van der Waals surface area contributed by atoms with Crippen molar-refractivity contribution in [1.82, 2.24) is 14.8 Å². The van der Waals surface area contributed by atoms with Crippen LogP contribution in [0.3, 0.4) is 0 Å². The largest absolute Gasteiger partial charge is 0.491 e. The highest BCUT2D eigenvalue weighted by Crippen LogP contribution is 2.28. The molecule has 1 aromatic carbocycles. The second kappa shape index (κ2) is 12.3. The van der Waals surface area contributed by atoms with Crippen molar-refractivity contribution in [2.75, 3.05) is 32.8 Å². The van der Waals surface area contributed by atoms with E-state index in [2.05, 4.69) is 39.0 Å². The van der Waals surface area contributed by atoms with Crippen molar-refractivity contribution in [3.63, 3.8) is 0 Å². The zero-order chi connectivity index (χ0) is 22.0. The van der Waals surface area contributed by atoms with E-state index in [1.807, 2.05) is 24.5 Å². The Morgan fingerprint density at radius 1 is 1.00 bits per heavy atom. The van der Waals surface area contributed by atoms with Gasteiger partial charge in [-0.1, -0.05) is 37.5 Å². The van der Waals surface area contributed by atoms with E-state index in [4.69, 9.17) is 9.84 Å². The zero-order valence-corrected chi connectivity index (χ0v) is 19.4. The summed E-state index contributed by atoms with van der Waals surface area (Å²) in [4.78, 5) is 9.72. The van der Waals surface area contributed by atoms with Gasteiger partial charge in [0.1, 0.15) is 12.4 Å². The van der Waals surface area contributed by atoms with E-state index in [1.165, 1.54) is 69.2 Å². The van der Waals surface area contributed by atoms with Gasteiger partial charge in [0.2, 0.25) is 0 Å². The molecule has 0 radical (unpaired) electrons.